The van der Waals surface area contributed by atoms with E-state index in [2.05, 4.69) is 5.32 Å². The van der Waals surface area contributed by atoms with Gasteiger partial charge in [0.25, 0.3) is 11.7 Å². The van der Waals surface area contributed by atoms with Crippen LogP contribution in [0.4, 0.5) is 0 Å². The third-order valence-corrected chi connectivity index (χ3v) is 4.34. The van der Waals surface area contributed by atoms with E-state index in [0.29, 0.717) is 22.6 Å². The number of carbonyl (C=O) groups excluding carboxylic acids is 2. The zero-order valence-corrected chi connectivity index (χ0v) is 15.1. The number of ether oxygens (including phenoxy) is 3. The van der Waals surface area contributed by atoms with E-state index in [-0.39, 0.29) is 5.88 Å². The van der Waals surface area contributed by atoms with Crippen molar-refractivity contribution in [3.63, 3.8) is 0 Å². The summed E-state index contributed by atoms with van der Waals surface area (Å²) in [4.78, 5) is 25.1. The molecule has 1 aliphatic rings. The standard InChI is InChI=1S/C20H19NO6/c1-20(15-13(25-2)10-7-11-14(15)26-3)17(23)16(22)19(27-20)21-18(24)12-8-5-4-6-9-12/h4-11,22H,1-3H3,(H,21,24). The summed E-state index contributed by atoms with van der Waals surface area (Å²) in [6, 6.07) is 13.4. The summed E-state index contributed by atoms with van der Waals surface area (Å²) in [5, 5.41) is 12.7. The number of aliphatic hydroxyl groups excluding tert-OH is 1. The third kappa shape index (κ3) is 3.08. The lowest BCUT2D eigenvalue weighted by atomic mass is 9.90. The molecule has 1 aliphatic heterocycles. The number of benzene rings is 2. The van der Waals surface area contributed by atoms with Crippen LogP contribution in [0, 0.1) is 0 Å². The van der Waals surface area contributed by atoms with Crippen LogP contribution in [0.25, 0.3) is 0 Å². The van der Waals surface area contributed by atoms with Gasteiger partial charge in [0, 0.05) is 5.56 Å². The van der Waals surface area contributed by atoms with Gasteiger partial charge in [-0.3, -0.25) is 14.9 Å². The number of rotatable bonds is 5. The highest BCUT2D eigenvalue weighted by atomic mass is 16.5. The number of hydrogen-bond donors (Lipinski definition) is 2. The average Bonchev–Trinajstić information content (AvgIpc) is 2.92. The number of hydrogen-bond acceptors (Lipinski definition) is 6. The highest BCUT2D eigenvalue weighted by Gasteiger charge is 2.51. The van der Waals surface area contributed by atoms with Crippen molar-refractivity contribution in [1.29, 1.82) is 0 Å². The van der Waals surface area contributed by atoms with Gasteiger partial charge in [0.2, 0.25) is 17.2 Å². The normalized spacial score (nSPS) is 18.9. The van der Waals surface area contributed by atoms with Crippen molar-refractivity contribution in [2.75, 3.05) is 14.2 Å². The zero-order valence-electron chi connectivity index (χ0n) is 15.1. The Morgan fingerprint density at radius 2 is 1.63 bits per heavy atom. The Balaban J connectivity index is 1.96. The predicted octanol–water partition coefficient (Wildman–Crippen LogP) is 2.68. The highest BCUT2D eigenvalue weighted by molar-refractivity contribution is 6.05. The van der Waals surface area contributed by atoms with Crippen molar-refractivity contribution in [1.82, 2.24) is 5.32 Å². The van der Waals surface area contributed by atoms with Crippen LogP contribution < -0.4 is 14.8 Å². The van der Waals surface area contributed by atoms with Crippen molar-refractivity contribution in [2.24, 2.45) is 0 Å². The summed E-state index contributed by atoms with van der Waals surface area (Å²) in [6.45, 7) is 1.48. The molecule has 1 heterocycles. The first-order valence-electron chi connectivity index (χ1n) is 8.17. The van der Waals surface area contributed by atoms with Crippen molar-refractivity contribution in [2.45, 2.75) is 12.5 Å². The molecule has 0 saturated heterocycles. The largest absolute Gasteiger partial charge is 0.501 e. The molecule has 7 nitrogen and oxygen atoms in total. The van der Waals surface area contributed by atoms with Crippen LogP contribution in [0.5, 0.6) is 11.5 Å². The molecular weight excluding hydrogens is 350 g/mol. The van der Waals surface area contributed by atoms with E-state index in [1.54, 1.807) is 48.5 Å². The van der Waals surface area contributed by atoms with Crippen molar-refractivity contribution < 1.29 is 28.9 Å². The molecule has 2 aromatic rings. The number of amides is 1. The van der Waals surface area contributed by atoms with E-state index < -0.39 is 23.1 Å². The van der Waals surface area contributed by atoms with Gasteiger partial charge in [-0.15, -0.1) is 0 Å². The van der Waals surface area contributed by atoms with Gasteiger partial charge in [-0.05, 0) is 31.2 Å². The van der Waals surface area contributed by atoms with E-state index in [1.807, 2.05) is 0 Å². The molecule has 0 bridgehead atoms. The molecule has 2 aromatic carbocycles. The Morgan fingerprint density at radius 1 is 1.04 bits per heavy atom. The van der Waals surface area contributed by atoms with E-state index in [9.17, 15) is 14.7 Å². The van der Waals surface area contributed by atoms with Crippen LogP contribution in [-0.4, -0.2) is 31.0 Å². The molecule has 7 heteroatoms. The summed E-state index contributed by atoms with van der Waals surface area (Å²) in [5.41, 5.74) is -0.950. The highest BCUT2D eigenvalue weighted by Crippen LogP contribution is 2.45. The molecular formula is C20H19NO6. The molecule has 1 unspecified atom stereocenters. The Bertz CT molecular complexity index is 899. The van der Waals surface area contributed by atoms with Crippen molar-refractivity contribution in [3.8, 4) is 11.5 Å². The molecule has 0 aromatic heterocycles. The van der Waals surface area contributed by atoms with Gasteiger partial charge >= 0.3 is 0 Å². The van der Waals surface area contributed by atoms with Gasteiger partial charge in [-0.25, -0.2) is 0 Å². The van der Waals surface area contributed by atoms with Gasteiger partial charge in [0.1, 0.15) is 11.5 Å². The maximum atomic E-state index is 12.8. The second-order valence-electron chi connectivity index (χ2n) is 6.00. The first-order chi connectivity index (χ1) is 12.9. The molecule has 1 atom stereocenters. The predicted molar refractivity (Wildman–Crippen MR) is 96.6 cm³/mol. The third-order valence-electron chi connectivity index (χ3n) is 4.34. The second kappa shape index (κ2) is 7.03. The van der Waals surface area contributed by atoms with Crippen LogP contribution in [0.15, 0.2) is 60.2 Å². The molecule has 1 amide bonds. The summed E-state index contributed by atoms with van der Waals surface area (Å²) < 4.78 is 16.4. The summed E-state index contributed by atoms with van der Waals surface area (Å²) in [7, 11) is 2.90. The smallest absolute Gasteiger partial charge is 0.258 e. The van der Waals surface area contributed by atoms with E-state index in [1.165, 1.54) is 21.1 Å². The number of Topliss-reactive ketones (excluding diaryl/α,β-unsaturated/α-hetero) is 1. The molecule has 3 rings (SSSR count). The first kappa shape index (κ1) is 18.3. The molecule has 27 heavy (non-hydrogen) atoms. The number of carbonyl (C=O) groups is 2. The lowest BCUT2D eigenvalue weighted by molar-refractivity contribution is -0.132. The van der Waals surface area contributed by atoms with Gasteiger partial charge in [-0.2, -0.15) is 0 Å². The summed E-state index contributed by atoms with van der Waals surface area (Å²) in [6.07, 6.45) is 0. The number of ketones is 1. The monoisotopic (exact) mass is 369 g/mol. The minimum absolute atomic E-state index is 0.315. The van der Waals surface area contributed by atoms with Crippen LogP contribution in [0.2, 0.25) is 0 Å². The van der Waals surface area contributed by atoms with Crippen LogP contribution in [0.3, 0.4) is 0 Å². The summed E-state index contributed by atoms with van der Waals surface area (Å²) in [5.74, 6) is -1.50. The second-order valence-corrected chi connectivity index (χ2v) is 6.00. The molecule has 0 fully saturated rings. The van der Waals surface area contributed by atoms with Gasteiger partial charge in [-0.1, -0.05) is 24.3 Å². The first-order valence-corrected chi connectivity index (χ1v) is 8.17. The Labute approximate surface area is 156 Å². The number of nitrogens with one attached hydrogen (secondary N) is 1. The molecule has 0 radical (unpaired) electrons. The fraction of sp³-hybridized carbons (Fsp3) is 0.200. The topological polar surface area (TPSA) is 94.1 Å². The SMILES string of the molecule is COc1cccc(OC)c1C1(C)OC(NC(=O)c2ccccc2)=C(O)C1=O. The molecule has 0 aliphatic carbocycles. The van der Waals surface area contributed by atoms with Gasteiger partial charge in [0.15, 0.2) is 0 Å². The minimum Gasteiger partial charge on any atom is -0.501 e. The van der Waals surface area contributed by atoms with Crippen LogP contribution >= 0.6 is 0 Å². The molecule has 0 spiro atoms. The lowest BCUT2D eigenvalue weighted by Crippen LogP contribution is -2.33. The van der Waals surface area contributed by atoms with Gasteiger partial charge < -0.3 is 19.3 Å². The Kier molecular flexibility index (Phi) is 4.77. The van der Waals surface area contributed by atoms with E-state index in [4.69, 9.17) is 14.2 Å². The lowest BCUT2D eigenvalue weighted by Gasteiger charge is -2.27. The van der Waals surface area contributed by atoms with Gasteiger partial charge in [0.05, 0.1) is 19.8 Å². The average molecular weight is 369 g/mol. The van der Waals surface area contributed by atoms with E-state index in [0.717, 1.165) is 0 Å². The van der Waals surface area contributed by atoms with Crippen LogP contribution in [0.1, 0.15) is 22.8 Å². The Hall–Kier alpha value is -3.48. The summed E-state index contributed by atoms with van der Waals surface area (Å²) >= 11 is 0. The quantitative estimate of drug-likeness (QED) is 0.842. The molecule has 0 saturated carbocycles. The van der Waals surface area contributed by atoms with E-state index >= 15 is 0 Å². The maximum Gasteiger partial charge on any atom is 0.258 e. The minimum atomic E-state index is -1.62. The Morgan fingerprint density at radius 3 is 2.19 bits per heavy atom. The molecule has 2 N–H and O–H groups in total. The molecule has 140 valence electrons. The number of methoxy groups -OCH3 is 2. The fourth-order valence-corrected chi connectivity index (χ4v) is 2.96. The number of aliphatic hydroxyl groups is 1. The van der Waals surface area contributed by atoms with Crippen molar-refractivity contribution >= 4 is 11.7 Å². The van der Waals surface area contributed by atoms with Crippen LogP contribution in [-0.2, 0) is 15.1 Å². The van der Waals surface area contributed by atoms with Crippen molar-refractivity contribution in [3.05, 3.63) is 71.3 Å². The zero-order chi connectivity index (χ0) is 19.6. The fourth-order valence-electron chi connectivity index (χ4n) is 2.96. The maximum absolute atomic E-state index is 12.8.